The molecule has 1 aliphatic rings. The first-order valence-electron chi connectivity index (χ1n) is 9.35. The number of carbonyl (C=O) groups excluding carboxylic acids is 1. The van der Waals surface area contributed by atoms with Gasteiger partial charge in [-0.1, -0.05) is 29.7 Å². The van der Waals surface area contributed by atoms with Gasteiger partial charge >= 0.3 is 0 Å². The second kappa shape index (κ2) is 8.76. The van der Waals surface area contributed by atoms with Crippen LogP contribution in [0, 0.1) is 0 Å². The summed E-state index contributed by atoms with van der Waals surface area (Å²) in [4.78, 5) is 14.4. The van der Waals surface area contributed by atoms with Crippen molar-refractivity contribution < 1.29 is 19.2 Å². The Labute approximate surface area is 164 Å². The van der Waals surface area contributed by atoms with Crippen LogP contribution in [0.1, 0.15) is 48.9 Å². The molecule has 1 amide bonds. The Balaban J connectivity index is 1.57. The summed E-state index contributed by atoms with van der Waals surface area (Å²) in [6.45, 7) is 3.24. The minimum Gasteiger partial charge on any atom is -0.491 e. The molecule has 1 unspecified atom stereocenters. The highest BCUT2D eigenvalue weighted by Gasteiger charge is 2.33. The van der Waals surface area contributed by atoms with Gasteiger partial charge < -0.3 is 19.3 Å². The van der Waals surface area contributed by atoms with Gasteiger partial charge in [-0.3, -0.25) is 4.79 Å². The van der Waals surface area contributed by atoms with Crippen molar-refractivity contribution in [1.29, 1.82) is 0 Å². The standard InChI is InChI=1S/C20H25ClN2O4/c1-2-5-17-13-18(22-27-17)19(24)23-10-4-8-20(25,9-11-23)14-26-16-7-3-6-15(21)12-16/h3,6-7,12-13,25H,2,4-5,8-11,14H2,1H3. The Bertz CT molecular complexity index is 779. The second-order valence-electron chi connectivity index (χ2n) is 7.04. The Morgan fingerprint density at radius 3 is 3.00 bits per heavy atom. The molecule has 0 aliphatic carbocycles. The molecule has 1 atom stereocenters. The largest absolute Gasteiger partial charge is 0.491 e. The molecule has 0 spiro atoms. The molecule has 7 heteroatoms. The molecule has 1 saturated heterocycles. The number of amides is 1. The fourth-order valence-corrected chi connectivity index (χ4v) is 3.42. The second-order valence-corrected chi connectivity index (χ2v) is 7.48. The van der Waals surface area contributed by atoms with E-state index in [1.807, 2.05) is 6.92 Å². The van der Waals surface area contributed by atoms with Crippen LogP contribution < -0.4 is 4.74 Å². The highest BCUT2D eigenvalue weighted by Crippen LogP contribution is 2.26. The first-order valence-corrected chi connectivity index (χ1v) is 9.72. The normalized spacial score (nSPS) is 20.3. The molecule has 3 rings (SSSR count). The number of halogens is 1. The molecule has 0 bridgehead atoms. The van der Waals surface area contributed by atoms with Crippen LogP contribution in [0.15, 0.2) is 34.9 Å². The Kier molecular flexibility index (Phi) is 6.39. The number of rotatable bonds is 6. The van der Waals surface area contributed by atoms with Crippen LogP contribution in [0.3, 0.4) is 0 Å². The molecule has 6 nitrogen and oxygen atoms in total. The van der Waals surface area contributed by atoms with Gasteiger partial charge in [0, 0.05) is 30.6 Å². The maximum atomic E-state index is 12.7. The van der Waals surface area contributed by atoms with Crippen LogP contribution in [-0.2, 0) is 6.42 Å². The highest BCUT2D eigenvalue weighted by molar-refractivity contribution is 6.30. The summed E-state index contributed by atoms with van der Waals surface area (Å²) < 4.78 is 10.9. The molecule has 0 radical (unpaired) electrons. The van der Waals surface area contributed by atoms with Crippen LogP contribution in [0.25, 0.3) is 0 Å². The van der Waals surface area contributed by atoms with Gasteiger partial charge in [0.05, 0.1) is 0 Å². The molecule has 0 saturated carbocycles. The van der Waals surface area contributed by atoms with Crippen molar-refractivity contribution in [2.75, 3.05) is 19.7 Å². The van der Waals surface area contributed by atoms with Crippen molar-refractivity contribution in [1.82, 2.24) is 10.1 Å². The number of aryl methyl sites for hydroxylation is 1. The maximum Gasteiger partial charge on any atom is 0.276 e. The fraction of sp³-hybridized carbons (Fsp3) is 0.500. The molecule has 146 valence electrons. The average Bonchev–Trinajstić information content (AvgIpc) is 3.02. The van der Waals surface area contributed by atoms with E-state index in [-0.39, 0.29) is 12.5 Å². The third-order valence-electron chi connectivity index (χ3n) is 4.78. The molecule has 2 heterocycles. The average molecular weight is 393 g/mol. The first-order chi connectivity index (χ1) is 13.0. The zero-order valence-electron chi connectivity index (χ0n) is 15.5. The molecular formula is C20H25ClN2O4. The van der Waals surface area contributed by atoms with E-state index >= 15 is 0 Å². The van der Waals surface area contributed by atoms with Gasteiger partial charge in [-0.25, -0.2) is 0 Å². The van der Waals surface area contributed by atoms with Gasteiger partial charge in [0.1, 0.15) is 23.7 Å². The molecule has 1 fully saturated rings. The van der Waals surface area contributed by atoms with E-state index in [0.29, 0.717) is 48.8 Å². The number of ether oxygens (including phenoxy) is 1. The van der Waals surface area contributed by atoms with Crippen molar-refractivity contribution in [3.63, 3.8) is 0 Å². The van der Waals surface area contributed by atoms with E-state index in [4.69, 9.17) is 20.9 Å². The maximum absolute atomic E-state index is 12.7. The Hall–Kier alpha value is -2.05. The van der Waals surface area contributed by atoms with Crippen LogP contribution in [0.5, 0.6) is 5.75 Å². The van der Waals surface area contributed by atoms with Gasteiger partial charge in [0.15, 0.2) is 5.69 Å². The minimum atomic E-state index is -0.978. The lowest BCUT2D eigenvalue weighted by atomic mass is 9.96. The van der Waals surface area contributed by atoms with E-state index in [1.54, 1.807) is 35.2 Å². The van der Waals surface area contributed by atoms with Crippen LogP contribution in [0.2, 0.25) is 5.02 Å². The topological polar surface area (TPSA) is 75.8 Å². The number of hydrogen-bond acceptors (Lipinski definition) is 5. The zero-order valence-corrected chi connectivity index (χ0v) is 16.2. The minimum absolute atomic E-state index is 0.152. The fourth-order valence-electron chi connectivity index (χ4n) is 3.24. The van der Waals surface area contributed by atoms with Crippen molar-refractivity contribution in [2.45, 2.75) is 44.6 Å². The van der Waals surface area contributed by atoms with Crippen molar-refractivity contribution in [3.05, 3.63) is 46.8 Å². The Morgan fingerprint density at radius 1 is 1.37 bits per heavy atom. The molecule has 2 aromatic rings. The van der Waals surface area contributed by atoms with Crippen molar-refractivity contribution in [2.24, 2.45) is 0 Å². The number of hydrogen-bond donors (Lipinski definition) is 1. The monoisotopic (exact) mass is 392 g/mol. The summed E-state index contributed by atoms with van der Waals surface area (Å²) in [7, 11) is 0. The number of likely N-dealkylation sites (tertiary alicyclic amines) is 1. The smallest absolute Gasteiger partial charge is 0.276 e. The van der Waals surface area contributed by atoms with Crippen LogP contribution >= 0.6 is 11.6 Å². The lowest BCUT2D eigenvalue weighted by molar-refractivity contribution is -0.0163. The predicted molar refractivity (Wildman–Crippen MR) is 102 cm³/mol. The van der Waals surface area contributed by atoms with E-state index in [0.717, 1.165) is 18.6 Å². The highest BCUT2D eigenvalue weighted by atomic mass is 35.5. The summed E-state index contributed by atoms with van der Waals surface area (Å²) in [5.74, 6) is 1.20. The summed E-state index contributed by atoms with van der Waals surface area (Å²) in [5.41, 5.74) is -0.645. The molecule has 1 aliphatic heterocycles. The van der Waals surface area contributed by atoms with Gasteiger partial charge in [-0.05, 0) is 43.9 Å². The SMILES string of the molecule is CCCc1cc(C(=O)N2CCCC(O)(COc3cccc(Cl)c3)CC2)no1. The predicted octanol–water partition coefficient (Wildman–Crippen LogP) is 3.72. The number of carbonyl (C=O) groups is 1. The van der Waals surface area contributed by atoms with Gasteiger partial charge in [0.2, 0.25) is 0 Å². The molecular weight excluding hydrogens is 368 g/mol. The lowest BCUT2D eigenvalue weighted by Crippen LogP contribution is -2.38. The first kappa shape index (κ1) is 19.7. The third kappa shape index (κ3) is 5.23. The van der Waals surface area contributed by atoms with Crippen molar-refractivity contribution >= 4 is 17.5 Å². The number of benzene rings is 1. The third-order valence-corrected chi connectivity index (χ3v) is 5.02. The quantitative estimate of drug-likeness (QED) is 0.810. The van der Waals surface area contributed by atoms with Gasteiger partial charge in [-0.2, -0.15) is 0 Å². The van der Waals surface area contributed by atoms with E-state index in [1.165, 1.54) is 0 Å². The zero-order chi connectivity index (χ0) is 19.3. The van der Waals surface area contributed by atoms with Crippen molar-refractivity contribution in [3.8, 4) is 5.75 Å². The van der Waals surface area contributed by atoms with Gasteiger partial charge in [-0.15, -0.1) is 0 Å². The van der Waals surface area contributed by atoms with Crippen LogP contribution in [0.4, 0.5) is 0 Å². The number of aliphatic hydroxyl groups is 1. The van der Waals surface area contributed by atoms with Gasteiger partial charge in [0.25, 0.3) is 5.91 Å². The number of nitrogens with zero attached hydrogens (tertiary/aromatic N) is 2. The Morgan fingerprint density at radius 2 is 2.22 bits per heavy atom. The van der Waals surface area contributed by atoms with E-state index in [2.05, 4.69) is 5.16 Å². The summed E-state index contributed by atoms with van der Waals surface area (Å²) in [5, 5.41) is 15.4. The number of aromatic nitrogens is 1. The van der Waals surface area contributed by atoms with E-state index < -0.39 is 5.60 Å². The molecule has 1 N–H and O–H groups in total. The lowest BCUT2D eigenvalue weighted by Gasteiger charge is -2.26. The molecule has 1 aromatic heterocycles. The molecule has 27 heavy (non-hydrogen) atoms. The van der Waals surface area contributed by atoms with E-state index in [9.17, 15) is 9.90 Å². The summed E-state index contributed by atoms with van der Waals surface area (Å²) in [6.07, 6.45) is 3.41. The summed E-state index contributed by atoms with van der Waals surface area (Å²) >= 11 is 5.96. The molecule has 1 aromatic carbocycles. The summed E-state index contributed by atoms with van der Waals surface area (Å²) in [6, 6.07) is 8.81. The van der Waals surface area contributed by atoms with Crippen LogP contribution in [-0.4, -0.2) is 46.4 Å².